The van der Waals surface area contributed by atoms with Crippen LogP contribution in [0.5, 0.6) is 0 Å². The van der Waals surface area contributed by atoms with Gasteiger partial charge in [0.2, 0.25) is 0 Å². The fourth-order valence-corrected chi connectivity index (χ4v) is 3.10. The average molecular weight is 240 g/mol. The number of rotatable bonds is 4. The van der Waals surface area contributed by atoms with Gasteiger partial charge in [-0.15, -0.1) is 0 Å². The second-order valence-corrected chi connectivity index (χ2v) is 5.59. The van der Waals surface area contributed by atoms with Gasteiger partial charge in [0.05, 0.1) is 5.92 Å². The van der Waals surface area contributed by atoms with Crippen LogP contribution in [0.25, 0.3) is 0 Å². The van der Waals surface area contributed by atoms with Crippen molar-refractivity contribution in [2.45, 2.75) is 25.7 Å². The van der Waals surface area contributed by atoms with Gasteiger partial charge in [-0.05, 0) is 25.8 Å². The van der Waals surface area contributed by atoms with Crippen molar-refractivity contribution in [3.8, 4) is 0 Å². The number of carboxylic acids is 1. The van der Waals surface area contributed by atoms with Gasteiger partial charge in [-0.2, -0.15) is 0 Å². The van der Waals surface area contributed by atoms with Crippen LogP contribution in [-0.4, -0.2) is 60.6 Å². The lowest BCUT2D eigenvalue weighted by molar-refractivity contribution is -0.144. The summed E-state index contributed by atoms with van der Waals surface area (Å²) in [6.45, 7) is 4.93. The van der Waals surface area contributed by atoms with Crippen molar-refractivity contribution in [3.05, 3.63) is 0 Å². The maximum Gasteiger partial charge on any atom is 0.308 e. The molecule has 1 saturated heterocycles. The van der Waals surface area contributed by atoms with Crippen molar-refractivity contribution in [1.29, 1.82) is 0 Å². The maximum atomic E-state index is 11.4. The Labute approximate surface area is 104 Å². The van der Waals surface area contributed by atoms with Crippen molar-refractivity contribution < 1.29 is 9.90 Å². The van der Waals surface area contributed by atoms with Crippen LogP contribution < -0.4 is 0 Å². The first-order valence-electron chi connectivity index (χ1n) is 6.80. The minimum atomic E-state index is -0.587. The second kappa shape index (κ2) is 5.83. The molecule has 1 atom stereocenters. The maximum absolute atomic E-state index is 11.4. The molecule has 1 saturated carbocycles. The predicted octanol–water partition coefficient (Wildman–Crippen LogP) is 1.12. The van der Waals surface area contributed by atoms with E-state index in [1.165, 1.54) is 12.8 Å². The summed E-state index contributed by atoms with van der Waals surface area (Å²) in [6, 6.07) is 0. The van der Waals surface area contributed by atoms with Crippen molar-refractivity contribution >= 4 is 5.97 Å². The molecule has 0 spiro atoms. The Hall–Kier alpha value is -0.610. The number of likely N-dealkylation sites (N-methyl/N-ethyl adjacent to an activating group) is 1. The van der Waals surface area contributed by atoms with E-state index in [0.717, 1.165) is 45.6 Å². The summed E-state index contributed by atoms with van der Waals surface area (Å²) in [5.74, 6) is -0.302. The third-order valence-electron chi connectivity index (χ3n) is 4.34. The Morgan fingerprint density at radius 1 is 1.24 bits per heavy atom. The van der Waals surface area contributed by atoms with Gasteiger partial charge in [0.25, 0.3) is 0 Å². The lowest BCUT2D eigenvalue weighted by Gasteiger charge is -2.35. The van der Waals surface area contributed by atoms with E-state index < -0.39 is 5.97 Å². The van der Waals surface area contributed by atoms with Gasteiger partial charge in [0.15, 0.2) is 0 Å². The van der Waals surface area contributed by atoms with E-state index in [4.69, 9.17) is 0 Å². The van der Waals surface area contributed by atoms with Gasteiger partial charge in [-0.1, -0.05) is 12.8 Å². The minimum Gasteiger partial charge on any atom is -0.481 e. The lowest BCUT2D eigenvalue weighted by atomic mass is 9.90. The molecule has 2 rings (SSSR count). The van der Waals surface area contributed by atoms with Crippen LogP contribution in [0.4, 0.5) is 0 Å². The van der Waals surface area contributed by atoms with Crippen LogP contribution in [0, 0.1) is 11.8 Å². The molecule has 4 nitrogen and oxygen atoms in total. The zero-order chi connectivity index (χ0) is 12.3. The van der Waals surface area contributed by atoms with Crippen LogP contribution in [0.2, 0.25) is 0 Å². The molecule has 1 aliphatic carbocycles. The highest BCUT2D eigenvalue weighted by atomic mass is 16.4. The van der Waals surface area contributed by atoms with E-state index >= 15 is 0 Å². The molecule has 1 heterocycles. The summed E-state index contributed by atoms with van der Waals surface area (Å²) >= 11 is 0. The first-order valence-corrected chi connectivity index (χ1v) is 6.80. The molecular formula is C13H24N2O2. The largest absolute Gasteiger partial charge is 0.481 e. The molecule has 0 aromatic carbocycles. The quantitative estimate of drug-likeness (QED) is 0.800. The molecule has 1 N–H and O–H groups in total. The molecule has 2 aliphatic rings. The Morgan fingerprint density at radius 2 is 1.82 bits per heavy atom. The molecule has 0 radical (unpaired) electrons. The number of piperazine rings is 1. The molecule has 0 bridgehead atoms. The van der Waals surface area contributed by atoms with E-state index in [9.17, 15) is 9.90 Å². The van der Waals surface area contributed by atoms with Crippen molar-refractivity contribution in [2.24, 2.45) is 11.8 Å². The molecule has 0 amide bonds. The zero-order valence-corrected chi connectivity index (χ0v) is 10.8. The predicted molar refractivity (Wildman–Crippen MR) is 67.0 cm³/mol. The van der Waals surface area contributed by atoms with Gasteiger partial charge in [0.1, 0.15) is 0 Å². The molecule has 1 aliphatic heterocycles. The Kier molecular flexibility index (Phi) is 4.40. The number of aliphatic carboxylic acids is 1. The minimum absolute atomic E-state index is 0.138. The van der Waals surface area contributed by atoms with E-state index in [0.29, 0.717) is 5.92 Å². The summed E-state index contributed by atoms with van der Waals surface area (Å²) < 4.78 is 0. The summed E-state index contributed by atoms with van der Waals surface area (Å²) in [5, 5.41) is 9.38. The van der Waals surface area contributed by atoms with Gasteiger partial charge in [0, 0.05) is 32.7 Å². The van der Waals surface area contributed by atoms with Crippen LogP contribution in [0.1, 0.15) is 25.7 Å². The Morgan fingerprint density at radius 3 is 2.35 bits per heavy atom. The summed E-state index contributed by atoms with van der Waals surface area (Å²) in [5.41, 5.74) is 0. The fourth-order valence-electron chi connectivity index (χ4n) is 3.10. The normalized spacial score (nSPS) is 26.2. The number of carboxylic acid groups (broad SMARTS) is 1. The van der Waals surface area contributed by atoms with Gasteiger partial charge >= 0.3 is 5.97 Å². The Bertz CT molecular complexity index is 256. The molecule has 0 aromatic rings. The third-order valence-corrected chi connectivity index (χ3v) is 4.34. The molecule has 1 unspecified atom stereocenters. The summed E-state index contributed by atoms with van der Waals surface area (Å²) in [7, 11) is 2.13. The molecular weight excluding hydrogens is 216 g/mol. The highest BCUT2D eigenvalue weighted by Gasteiger charge is 2.32. The van der Waals surface area contributed by atoms with Gasteiger partial charge in [-0.25, -0.2) is 0 Å². The van der Waals surface area contributed by atoms with E-state index in [1.807, 2.05) is 0 Å². The fraction of sp³-hybridized carbons (Fsp3) is 0.923. The van der Waals surface area contributed by atoms with Gasteiger partial charge in [-0.3, -0.25) is 9.69 Å². The molecule has 2 fully saturated rings. The number of carbonyl (C=O) groups is 1. The zero-order valence-electron chi connectivity index (χ0n) is 10.8. The topological polar surface area (TPSA) is 43.8 Å². The number of hydrogen-bond donors (Lipinski definition) is 1. The van der Waals surface area contributed by atoms with Crippen molar-refractivity contribution in [1.82, 2.24) is 9.80 Å². The smallest absolute Gasteiger partial charge is 0.308 e. The van der Waals surface area contributed by atoms with E-state index in [-0.39, 0.29) is 5.92 Å². The average Bonchev–Trinajstić information content (AvgIpc) is 2.81. The molecule has 17 heavy (non-hydrogen) atoms. The van der Waals surface area contributed by atoms with Crippen LogP contribution in [-0.2, 0) is 4.79 Å². The highest BCUT2D eigenvalue weighted by molar-refractivity contribution is 5.70. The highest BCUT2D eigenvalue weighted by Crippen LogP contribution is 2.32. The molecule has 4 heteroatoms. The second-order valence-electron chi connectivity index (χ2n) is 5.59. The first-order chi connectivity index (χ1) is 8.16. The van der Waals surface area contributed by atoms with Crippen LogP contribution in [0.3, 0.4) is 0 Å². The summed E-state index contributed by atoms with van der Waals surface area (Å²) in [4.78, 5) is 16.0. The number of nitrogens with zero attached hydrogens (tertiary/aromatic N) is 2. The first kappa shape index (κ1) is 12.8. The van der Waals surface area contributed by atoms with Gasteiger partial charge < -0.3 is 10.0 Å². The van der Waals surface area contributed by atoms with Crippen molar-refractivity contribution in [3.63, 3.8) is 0 Å². The lowest BCUT2D eigenvalue weighted by Crippen LogP contribution is -2.47. The number of hydrogen-bond acceptors (Lipinski definition) is 3. The van der Waals surface area contributed by atoms with E-state index in [2.05, 4.69) is 16.8 Å². The van der Waals surface area contributed by atoms with Crippen molar-refractivity contribution in [2.75, 3.05) is 39.8 Å². The molecule has 0 aromatic heterocycles. The van der Waals surface area contributed by atoms with Crippen LogP contribution >= 0.6 is 0 Å². The van der Waals surface area contributed by atoms with E-state index in [1.54, 1.807) is 0 Å². The monoisotopic (exact) mass is 240 g/mol. The standard InChI is InChI=1S/C13H24N2O2/c1-14-6-8-15(9-7-14)10-12(13(16)17)11-4-2-3-5-11/h11-12H,2-10H2,1H3,(H,16,17). The Balaban J connectivity index is 1.86. The third kappa shape index (κ3) is 3.42. The SMILES string of the molecule is CN1CCN(CC(C(=O)O)C2CCCC2)CC1. The van der Waals surface area contributed by atoms with Crippen LogP contribution in [0.15, 0.2) is 0 Å². The summed E-state index contributed by atoms with van der Waals surface area (Å²) in [6.07, 6.45) is 4.67. The molecule has 98 valence electrons.